The molecule has 0 atom stereocenters. The van der Waals surface area contributed by atoms with Crippen LogP contribution in [0.1, 0.15) is 232 Å². The summed E-state index contributed by atoms with van der Waals surface area (Å²) in [4.78, 5) is 25.2. The summed E-state index contributed by atoms with van der Waals surface area (Å²) in [6.07, 6.45) is 44.4. The molecule has 9 aromatic carbocycles. The van der Waals surface area contributed by atoms with E-state index in [1.807, 2.05) is 35.2 Å². The van der Waals surface area contributed by atoms with Gasteiger partial charge in [0, 0.05) is 96.4 Å². The Morgan fingerprint density at radius 3 is 1.25 bits per heavy atom. The molecule has 2 aliphatic carbocycles. The van der Waals surface area contributed by atoms with Gasteiger partial charge in [-0.15, -0.1) is 0 Å². The van der Waals surface area contributed by atoms with Crippen LogP contribution in [0.5, 0.6) is 11.5 Å². The lowest BCUT2D eigenvalue weighted by Gasteiger charge is -2.28. The predicted octanol–water partition coefficient (Wildman–Crippen LogP) is 23.9. The Balaban J connectivity index is 0.000000148. The number of rotatable bonds is 15. The molecular weight excluding hydrogens is 1590 g/mol. The number of ether oxygens (including phenoxy) is 2. The SMILES string of the molecule is C1CCNCC1.CC(=O)N1CCCNCC1.Fc1cccc(OC2CCNCC2)c1.c1ccc(C2CCCCC2)cc1.c1ccc(CC2CCNCC2)cc1.c1ccc(CCN2CCCCC2)cc1.c1ccc(CN2CCCCC2)cc1.c1ccc(N2CCCCC2)cc1.c1ccc(N2CCCCC2)cc1.c1ccc(OCN2CCCCC2)cc1.c1ccc2c(c1)CCC2. The van der Waals surface area contributed by atoms with E-state index in [4.69, 9.17) is 9.47 Å². The van der Waals surface area contributed by atoms with E-state index in [0.29, 0.717) is 5.75 Å². The summed E-state index contributed by atoms with van der Waals surface area (Å²) < 4.78 is 24.2. The minimum atomic E-state index is -0.239. The number of amides is 1. The number of hydrogen-bond donors (Lipinski definition) is 4. The Morgan fingerprint density at radius 2 is 0.752 bits per heavy atom. The molecule has 9 aromatic rings. The fourth-order valence-corrected chi connectivity index (χ4v) is 18.7. The van der Waals surface area contributed by atoms with Gasteiger partial charge in [0.2, 0.25) is 5.91 Å². The molecule has 11 aliphatic rings. The second-order valence-corrected chi connectivity index (χ2v) is 36.7. The lowest BCUT2D eigenvalue weighted by Crippen LogP contribution is -2.34. The van der Waals surface area contributed by atoms with Gasteiger partial charge in [-0.2, -0.15) is 0 Å². The fraction of sp³-hybridized carbons (Fsp3) is 0.522. The van der Waals surface area contributed by atoms with E-state index in [-0.39, 0.29) is 17.8 Å². The van der Waals surface area contributed by atoms with E-state index in [2.05, 4.69) is 252 Å². The van der Waals surface area contributed by atoms with Crippen molar-refractivity contribution in [3.63, 3.8) is 0 Å². The summed E-state index contributed by atoms with van der Waals surface area (Å²) >= 11 is 0. The molecule has 0 radical (unpaired) electrons. The number of nitrogens with one attached hydrogen (secondary N) is 4. The quantitative estimate of drug-likeness (QED) is 0.0786. The molecule has 4 N–H and O–H groups in total. The summed E-state index contributed by atoms with van der Waals surface area (Å²) in [5.74, 6) is 3.33. The van der Waals surface area contributed by atoms with Crippen molar-refractivity contribution in [1.82, 2.24) is 40.9 Å². The molecule has 10 fully saturated rings. The van der Waals surface area contributed by atoms with Crippen molar-refractivity contribution in [2.75, 3.05) is 154 Å². The Kier molecular flexibility index (Phi) is 52.2. The van der Waals surface area contributed by atoms with Gasteiger partial charge in [-0.05, 0) is 333 Å². The average Bonchev–Trinajstić information content (AvgIpc) is 1.86. The van der Waals surface area contributed by atoms with Crippen molar-refractivity contribution >= 4 is 17.3 Å². The molecule has 9 heterocycles. The molecule has 1 amide bonds. The minimum absolute atomic E-state index is 0.198. The molecule has 13 nitrogen and oxygen atoms in total. The van der Waals surface area contributed by atoms with E-state index in [1.54, 1.807) is 35.7 Å². The lowest BCUT2D eigenvalue weighted by atomic mass is 9.84. The van der Waals surface area contributed by atoms with E-state index in [9.17, 15) is 9.18 Å². The van der Waals surface area contributed by atoms with Crippen LogP contribution in [0.4, 0.5) is 15.8 Å². The maximum absolute atomic E-state index is 12.8. The maximum Gasteiger partial charge on any atom is 0.219 e. The van der Waals surface area contributed by atoms with Crippen molar-refractivity contribution in [2.24, 2.45) is 5.92 Å². The Bertz CT molecular complexity index is 3860. The molecule has 0 unspecified atom stereocenters. The van der Waals surface area contributed by atoms with Crippen LogP contribution in [-0.2, 0) is 37.0 Å². The molecule has 9 saturated heterocycles. The van der Waals surface area contributed by atoms with Gasteiger partial charge in [0.15, 0.2) is 0 Å². The monoisotopic (exact) mass is 1750 g/mol. The predicted molar refractivity (Wildman–Crippen MR) is 544 cm³/mol. The zero-order valence-electron chi connectivity index (χ0n) is 79.4. The summed E-state index contributed by atoms with van der Waals surface area (Å²) in [5, 5.41) is 13.2. The number of piperidine rings is 8. The zero-order chi connectivity index (χ0) is 89.4. The third-order valence-electron chi connectivity index (χ3n) is 26.4. The number of nitrogens with zero attached hydrogens (tertiary/aromatic N) is 6. The van der Waals surface area contributed by atoms with Gasteiger partial charge in [0.05, 0.1) is 0 Å². The van der Waals surface area contributed by atoms with Gasteiger partial charge >= 0.3 is 0 Å². The average molecular weight is 1750 g/mol. The summed E-state index contributed by atoms with van der Waals surface area (Å²) in [7, 11) is 0. The van der Waals surface area contributed by atoms with Gasteiger partial charge in [0.1, 0.15) is 30.2 Å². The largest absolute Gasteiger partial charge is 0.490 e. The number of hydrogen-bond acceptors (Lipinski definition) is 12. The summed E-state index contributed by atoms with van der Waals surface area (Å²) in [6.45, 7) is 27.9. The van der Waals surface area contributed by atoms with E-state index >= 15 is 0 Å². The highest BCUT2D eigenvalue weighted by atomic mass is 19.1. The first kappa shape index (κ1) is 102. The van der Waals surface area contributed by atoms with Crippen LogP contribution in [0, 0.1) is 11.7 Å². The summed E-state index contributed by atoms with van der Waals surface area (Å²) in [6, 6.07) is 89.9. The first-order valence-corrected chi connectivity index (χ1v) is 51.0. The highest BCUT2D eigenvalue weighted by Crippen LogP contribution is 2.33. The minimum Gasteiger partial charge on any atom is -0.490 e. The highest BCUT2D eigenvalue weighted by molar-refractivity contribution is 5.73. The number of benzene rings is 9. The number of carbonyl (C=O) groups excluding carboxylic acids is 1. The van der Waals surface area contributed by atoms with E-state index < -0.39 is 0 Å². The van der Waals surface area contributed by atoms with E-state index in [1.165, 1.54) is 331 Å². The first-order chi connectivity index (χ1) is 63.8. The molecule has 129 heavy (non-hydrogen) atoms. The fourth-order valence-electron chi connectivity index (χ4n) is 18.7. The Morgan fingerprint density at radius 1 is 0.341 bits per heavy atom. The summed E-state index contributed by atoms with van der Waals surface area (Å²) in [5.41, 5.74) is 11.9. The first-order valence-electron chi connectivity index (χ1n) is 51.0. The van der Waals surface area contributed by atoms with Crippen LogP contribution in [0.3, 0.4) is 0 Å². The van der Waals surface area contributed by atoms with Crippen LogP contribution >= 0.6 is 0 Å². The molecule has 0 aromatic heterocycles. The normalized spacial score (nSPS) is 18.6. The Hall–Kier alpha value is -8.70. The van der Waals surface area contributed by atoms with Crippen LogP contribution in [-0.4, -0.2) is 176 Å². The van der Waals surface area contributed by atoms with E-state index in [0.717, 1.165) is 89.4 Å². The van der Waals surface area contributed by atoms with Gasteiger partial charge in [-0.25, -0.2) is 4.39 Å². The third kappa shape index (κ3) is 44.9. The number of anilines is 2. The lowest BCUT2D eigenvalue weighted by molar-refractivity contribution is -0.128. The zero-order valence-corrected chi connectivity index (χ0v) is 79.4. The highest BCUT2D eigenvalue weighted by Gasteiger charge is 2.20. The van der Waals surface area contributed by atoms with Crippen molar-refractivity contribution in [3.05, 3.63) is 300 Å². The number of para-hydroxylation sites is 3. The topological polar surface area (TPSA) is 103 Å². The number of fused-ring (bicyclic) bond motifs is 1. The molecule has 20 rings (SSSR count). The van der Waals surface area contributed by atoms with Gasteiger partial charge in [0.25, 0.3) is 0 Å². The third-order valence-corrected chi connectivity index (χ3v) is 26.4. The van der Waals surface area contributed by atoms with Gasteiger partial charge in [-0.1, -0.05) is 251 Å². The molecule has 0 spiro atoms. The Labute approximate surface area is 780 Å². The van der Waals surface area contributed by atoms with Crippen LogP contribution in [0.2, 0.25) is 0 Å². The van der Waals surface area contributed by atoms with Crippen molar-refractivity contribution in [1.29, 1.82) is 0 Å². The van der Waals surface area contributed by atoms with Crippen molar-refractivity contribution in [3.8, 4) is 11.5 Å². The molecule has 700 valence electrons. The van der Waals surface area contributed by atoms with Crippen molar-refractivity contribution in [2.45, 2.75) is 237 Å². The molecular formula is C115H165FN10O3. The van der Waals surface area contributed by atoms with Gasteiger partial charge in [-0.3, -0.25) is 14.6 Å². The van der Waals surface area contributed by atoms with Crippen LogP contribution in [0.25, 0.3) is 0 Å². The number of likely N-dealkylation sites (tertiary alicyclic amines) is 3. The molecule has 9 aliphatic heterocycles. The number of halogens is 1. The van der Waals surface area contributed by atoms with Crippen LogP contribution in [0.15, 0.2) is 261 Å². The smallest absolute Gasteiger partial charge is 0.219 e. The van der Waals surface area contributed by atoms with Crippen LogP contribution < -0.4 is 40.5 Å². The maximum atomic E-state index is 12.8. The molecule has 14 heteroatoms. The van der Waals surface area contributed by atoms with Gasteiger partial charge < -0.3 is 50.3 Å². The molecule has 1 saturated carbocycles. The molecule has 0 bridgehead atoms. The second-order valence-electron chi connectivity index (χ2n) is 36.7. The number of aryl methyl sites for hydroxylation is 2. The van der Waals surface area contributed by atoms with Crippen molar-refractivity contribution < 1.29 is 18.7 Å². The number of carbonyl (C=O) groups is 1. The standard InChI is InChI=1S/C13H19N.C12H17NO.2C12H17N.C12H16.C11H14FNO.2C11H15N.C9H10.C7H14N2O.C5H11N/c1-3-7-13(8-4-1)9-12-14-10-5-2-6-11-14;1-3-7-12(8-4-1)14-11-13-9-5-2-6-10-13;1-3-7-12(8-4-1)11-13-9-5-2-6-10-13;1-2-4-11(5-3-1)10-12-6-8-13-9-7-12;1-3-7-11(8-4-1)12-9-5-2-6-10-12;12-9-2-1-3-11(8-9)14-10-4-6-13-7-5-10;2*1-3-7-11(8-4-1)12-9-5-2-6-10-12;1-2-5-9-7-3-6-8(9)4-1;1-7(10)9-5-2-3-8-4-6-9;1-2-4-6-5-3-1/h1,3-4,7-8H,2,5-6,9-12H2;1,3-4,7-8H,2,5-6,9-11H2;1,3-4,7-8H,2,5-6,9-11H2;1-5,12-13H,6-10H2;1,3-4,7-8,12H,2,5-6,9-10H2;1-3,8,10,13H,4-7H2;2*1,3-4,7-8H,2,5-6,9-10H2;1-2,4-5H,3,6-7H2;8H,2-6H2,1H3;6H,1-5H2. The second kappa shape index (κ2) is 65.8.